The molecule has 0 spiro atoms. The zero-order chi connectivity index (χ0) is 28.1. The maximum Gasteiger partial charge on any atom is 0.243 e. The molecule has 0 amide bonds. The molecule has 2 aromatic carbocycles. The number of nitriles is 1. The smallest absolute Gasteiger partial charge is 0.243 e. The number of aromatic nitrogens is 3. The zero-order valence-electron chi connectivity index (χ0n) is 21.6. The summed E-state index contributed by atoms with van der Waals surface area (Å²) in [6.45, 7) is 1.97. The average Bonchev–Trinajstić information content (AvgIpc) is 3.37. The van der Waals surface area contributed by atoms with E-state index in [0.29, 0.717) is 12.1 Å². The van der Waals surface area contributed by atoms with Gasteiger partial charge in [0.1, 0.15) is 11.5 Å². The number of rotatable bonds is 5. The Morgan fingerprint density at radius 3 is 2.67 bits per heavy atom. The first-order valence-electron chi connectivity index (χ1n) is 12.7. The van der Waals surface area contributed by atoms with Gasteiger partial charge in [-0.3, -0.25) is 9.78 Å². The number of carbonyl (C=O) groups is 1. The van der Waals surface area contributed by atoms with Crippen molar-refractivity contribution in [3.8, 4) is 11.8 Å². The van der Waals surface area contributed by atoms with Crippen LogP contribution in [0.4, 0.5) is 4.39 Å². The van der Waals surface area contributed by atoms with E-state index >= 15 is 0 Å². The van der Waals surface area contributed by atoms with Gasteiger partial charge in [0, 0.05) is 19.3 Å². The van der Waals surface area contributed by atoms with Crippen molar-refractivity contribution in [3.63, 3.8) is 0 Å². The highest BCUT2D eigenvalue weighted by atomic mass is 32.2. The van der Waals surface area contributed by atoms with Gasteiger partial charge in [-0.1, -0.05) is 11.6 Å². The molecular weight excluding hydrogens is 529 g/mol. The number of fused-ring (bicyclic) bond motifs is 2. The van der Waals surface area contributed by atoms with Gasteiger partial charge in [-0.25, -0.2) is 17.5 Å². The minimum absolute atomic E-state index is 0.0101. The lowest BCUT2D eigenvalue weighted by Gasteiger charge is -2.44. The molecule has 2 aromatic heterocycles. The van der Waals surface area contributed by atoms with E-state index in [4.69, 9.17) is 0 Å². The summed E-state index contributed by atoms with van der Waals surface area (Å²) in [6.07, 6.45) is 5.72. The number of pyridine rings is 1. The molecule has 0 unspecified atom stereocenters. The van der Waals surface area contributed by atoms with Gasteiger partial charge in [-0.15, -0.1) is 0 Å². The fourth-order valence-corrected chi connectivity index (χ4v) is 7.14. The van der Waals surface area contributed by atoms with E-state index in [1.54, 1.807) is 47.4 Å². The number of piperidine rings is 1. The molecule has 0 bridgehead atoms. The molecule has 40 heavy (non-hydrogen) atoms. The Morgan fingerprint density at radius 2 is 1.93 bits per heavy atom. The minimum Gasteiger partial charge on any atom is -0.291 e. The van der Waals surface area contributed by atoms with Crippen LogP contribution in [-0.4, -0.2) is 46.4 Å². The number of hydrogen-bond acceptors (Lipinski definition) is 6. The summed E-state index contributed by atoms with van der Waals surface area (Å²) in [5.74, 6) is -0.611. The Morgan fingerprint density at radius 1 is 1.12 bits per heavy atom. The zero-order valence-corrected chi connectivity index (χ0v) is 22.4. The van der Waals surface area contributed by atoms with Gasteiger partial charge in [-0.05, 0) is 91.6 Å². The van der Waals surface area contributed by atoms with E-state index in [-0.39, 0.29) is 47.3 Å². The summed E-state index contributed by atoms with van der Waals surface area (Å²) in [5.41, 5.74) is 3.22. The van der Waals surface area contributed by atoms with Crippen molar-refractivity contribution in [2.75, 3.05) is 13.1 Å². The second-order valence-electron chi connectivity index (χ2n) is 10.1. The van der Waals surface area contributed by atoms with E-state index in [1.165, 1.54) is 34.6 Å². The van der Waals surface area contributed by atoms with Crippen molar-refractivity contribution in [3.05, 3.63) is 113 Å². The average molecular weight is 554 g/mol. The van der Waals surface area contributed by atoms with E-state index in [0.717, 1.165) is 22.4 Å². The van der Waals surface area contributed by atoms with Crippen LogP contribution in [0.5, 0.6) is 0 Å². The van der Waals surface area contributed by atoms with Crippen molar-refractivity contribution >= 4 is 21.9 Å². The Kier molecular flexibility index (Phi) is 6.21. The number of halogens is 1. The van der Waals surface area contributed by atoms with Gasteiger partial charge in [0.2, 0.25) is 10.0 Å². The van der Waals surface area contributed by atoms with Crippen molar-refractivity contribution in [1.82, 2.24) is 19.1 Å². The normalized spacial score (nSPS) is 18.8. The summed E-state index contributed by atoms with van der Waals surface area (Å²) in [5, 5.41) is 13.8. The number of nitrogens with zero attached hydrogens (tertiary/aromatic N) is 5. The number of carbonyl (C=O) groups excluding carboxylic acids is 1. The number of sulfonamides is 1. The third kappa shape index (κ3) is 4.24. The maximum atomic E-state index is 14.3. The van der Waals surface area contributed by atoms with Crippen LogP contribution >= 0.6 is 0 Å². The van der Waals surface area contributed by atoms with Crippen LogP contribution in [0.2, 0.25) is 0 Å². The minimum atomic E-state index is -4.00. The molecule has 6 rings (SSSR count). The van der Waals surface area contributed by atoms with Crippen LogP contribution < -0.4 is 0 Å². The van der Waals surface area contributed by atoms with Gasteiger partial charge in [0.05, 0.1) is 39.5 Å². The highest BCUT2D eigenvalue weighted by Gasteiger charge is 2.51. The topological polar surface area (TPSA) is 109 Å². The highest BCUT2D eigenvalue weighted by molar-refractivity contribution is 7.89. The molecule has 2 aliphatic rings. The summed E-state index contributed by atoms with van der Waals surface area (Å²) < 4.78 is 44.1. The fourth-order valence-electron chi connectivity index (χ4n) is 5.59. The number of aryl methyl sites for hydroxylation is 1. The van der Waals surface area contributed by atoms with E-state index in [2.05, 4.69) is 10.1 Å². The van der Waals surface area contributed by atoms with Gasteiger partial charge in [0.25, 0.3) is 0 Å². The first-order valence-corrected chi connectivity index (χ1v) is 14.2. The predicted octanol–water partition coefficient (Wildman–Crippen LogP) is 4.49. The molecule has 0 N–H and O–H groups in total. The van der Waals surface area contributed by atoms with Crippen LogP contribution in [0, 0.1) is 29.5 Å². The SMILES string of the molecule is Cc1ccnc(C(=O)[C@]23Cc4cnn(-c5ccc(F)cc5)c4C=C2CCN(S(=O)(=O)c2cccc(C#N)c2)C3)c1. The van der Waals surface area contributed by atoms with Crippen LogP contribution in [0.3, 0.4) is 0 Å². The quantitative estimate of drug-likeness (QED) is 0.337. The van der Waals surface area contributed by atoms with Crippen LogP contribution in [-0.2, 0) is 16.4 Å². The largest absolute Gasteiger partial charge is 0.291 e. The van der Waals surface area contributed by atoms with Crippen LogP contribution in [0.15, 0.2) is 83.5 Å². The Labute approximate surface area is 231 Å². The number of hydrogen-bond donors (Lipinski definition) is 0. The van der Waals surface area contributed by atoms with Crippen LogP contribution in [0.25, 0.3) is 11.8 Å². The molecule has 1 saturated heterocycles. The van der Waals surface area contributed by atoms with Crippen molar-refractivity contribution in [2.45, 2.75) is 24.7 Å². The molecule has 0 saturated carbocycles. The lowest BCUT2D eigenvalue weighted by molar-refractivity contribution is 0.0770. The molecule has 4 aromatic rings. The summed E-state index contributed by atoms with van der Waals surface area (Å²) in [7, 11) is -4.00. The predicted molar refractivity (Wildman–Crippen MR) is 145 cm³/mol. The lowest BCUT2D eigenvalue weighted by atomic mass is 9.65. The van der Waals surface area contributed by atoms with Crippen molar-refractivity contribution < 1.29 is 17.6 Å². The first-order chi connectivity index (χ1) is 19.2. The molecule has 10 heteroatoms. The number of Topliss-reactive ketones (excluding diaryl/α,β-unsaturated/α-hetero) is 1. The molecule has 8 nitrogen and oxygen atoms in total. The van der Waals surface area contributed by atoms with Crippen molar-refractivity contribution in [1.29, 1.82) is 5.26 Å². The Hall–Kier alpha value is -4.46. The van der Waals surface area contributed by atoms with Gasteiger partial charge in [0.15, 0.2) is 5.78 Å². The fraction of sp³-hybridized carbons (Fsp3) is 0.200. The summed E-state index contributed by atoms with van der Waals surface area (Å²) >= 11 is 0. The van der Waals surface area contributed by atoms with Gasteiger partial charge >= 0.3 is 0 Å². The molecule has 1 aliphatic carbocycles. The molecule has 1 fully saturated rings. The standard InChI is InChI=1S/C30H24FN5O3S/c1-20-9-11-33-27(13-20)29(37)30-16-22-18-34-36(25-7-5-24(31)6-8-25)28(22)15-23(30)10-12-35(19-30)40(38,39)26-4-2-3-21(14-26)17-32/h2-9,11,13-15,18H,10,12,16,19H2,1H3/t30-/m0/s1. The van der Waals surface area contributed by atoms with Gasteiger partial charge in [-0.2, -0.15) is 14.7 Å². The Bertz CT molecular complexity index is 1840. The summed E-state index contributed by atoms with van der Waals surface area (Å²) in [4.78, 5) is 18.7. The molecule has 0 radical (unpaired) electrons. The number of benzene rings is 2. The monoisotopic (exact) mass is 553 g/mol. The first kappa shape index (κ1) is 25.8. The third-order valence-corrected chi connectivity index (χ3v) is 9.48. The van der Waals surface area contributed by atoms with Crippen molar-refractivity contribution in [2.24, 2.45) is 5.41 Å². The van der Waals surface area contributed by atoms with E-state index < -0.39 is 15.4 Å². The van der Waals surface area contributed by atoms with Gasteiger partial charge < -0.3 is 0 Å². The lowest BCUT2D eigenvalue weighted by Crippen LogP contribution is -2.53. The second kappa shape index (κ2) is 9.62. The maximum absolute atomic E-state index is 14.3. The number of ketones is 1. The molecular formula is C30H24FN5O3S. The molecule has 3 heterocycles. The third-order valence-electron chi connectivity index (χ3n) is 7.64. The Balaban J connectivity index is 1.46. The van der Waals surface area contributed by atoms with E-state index in [1.807, 2.05) is 19.1 Å². The molecule has 200 valence electrons. The summed E-state index contributed by atoms with van der Waals surface area (Å²) in [6, 6.07) is 17.4. The molecule has 1 aliphatic heterocycles. The van der Waals surface area contributed by atoms with E-state index in [9.17, 15) is 22.9 Å². The van der Waals surface area contributed by atoms with Crippen LogP contribution in [0.1, 0.15) is 39.3 Å². The second-order valence-corrected chi connectivity index (χ2v) is 12.1. The highest BCUT2D eigenvalue weighted by Crippen LogP contribution is 2.47. The molecule has 1 atom stereocenters.